The van der Waals surface area contributed by atoms with Crippen molar-refractivity contribution in [3.63, 3.8) is 0 Å². The number of sulfonamides is 1. The normalized spacial score (nSPS) is 25.9. The molecular weight excluding hydrogens is 475 g/mol. The molecule has 2 aromatic carbocycles. The van der Waals surface area contributed by atoms with Gasteiger partial charge in [0.05, 0.1) is 24.0 Å². The van der Waals surface area contributed by atoms with Crippen LogP contribution in [0.2, 0.25) is 0 Å². The van der Waals surface area contributed by atoms with Gasteiger partial charge in [-0.1, -0.05) is 0 Å². The second-order valence-corrected chi connectivity index (χ2v) is 11.0. The molecule has 2 fully saturated rings. The lowest BCUT2D eigenvalue weighted by atomic mass is 9.84. The number of carbonyl (C=O) groups excluding carboxylic acids is 1. The average Bonchev–Trinajstić information content (AvgIpc) is 3.22. The van der Waals surface area contributed by atoms with E-state index in [0.717, 1.165) is 50.0 Å². The first-order valence-corrected chi connectivity index (χ1v) is 13.5. The summed E-state index contributed by atoms with van der Waals surface area (Å²) in [6.07, 6.45) is 2.57. The van der Waals surface area contributed by atoms with E-state index in [1.54, 1.807) is 18.2 Å². The molecule has 35 heavy (non-hydrogen) atoms. The Morgan fingerprint density at radius 2 is 1.86 bits per heavy atom. The van der Waals surface area contributed by atoms with Gasteiger partial charge in [-0.3, -0.25) is 9.52 Å². The Bertz CT molecular complexity index is 1180. The summed E-state index contributed by atoms with van der Waals surface area (Å²) in [5, 5.41) is 9.95. The van der Waals surface area contributed by atoms with E-state index in [2.05, 4.69) is 4.72 Å². The molecule has 4 atom stereocenters. The number of carbonyl (C=O) groups is 1. The van der Waals surface area contributed by atoms with Gasteiger partial charge >= 0.3 is 0 Å². The maximum atomic E-state index is 13.2. The zero-order valence-corrected chi connectivity index (χ0v) is 20.0. The molecule has 3 heterocycles. The Kier molecular flexibility index (Phi) is 6.69. The number of nitrogens with zero attached hydrogens (tertiary/aromatic N) is 1. The van der Waals surface area contributed by atoms with Crippen LogP contribution in [-0.4, -0.2) is 62.3 Å². The Hall–Kier alpha value is -2.69. The lowest BCUT2D eigenvalue weighted by Crippen LogP contribution is -2.48. The minimum Gasteiger partial charge on any atom is -0.487 e. The molecule has 1 amide bonds. The van der Waals surface area contributed by atoms with Gasteiger partial charge in [-0.05, 0) is 68.1 Å². The lowest BCUT2D eigenvalue weighted by molar-refractivity contribution is -0.149. The van der Waals surface area contributed by atoms with Gasteiger partial charge in [-0.2, -0.15) is 0 Å². The minimum atomic E-state index is -3.90. The number of fused-ring (bicyclic) bond motifs is 3. The van der Waals surface area contributed by atoms with Crippen LogP contribution in [0.5, 0.6) is 5.75 Å². The van der Waals surface area contributed by atoms with Crippen LogP contribution in [0, 0.1) is 5.82 Å². The third kappa shape index (κ3) is 5.00. The van der Waals surface area contributed by atoms with E-state index in [1.807, 2.05) is 4.90 Å². The van der Waals surface area contributed by atoms with Crippen molar-refractivity contribution in [1.82, 2.24) is 4.90 Å². The van der Waals surface area contributed by atoms with Crippen molar-refractivity contribution in [3.8, 4) is 5.75 Å². The van der Waals surface area contributed by atoms with Crippen LogP contribution in [0.15, 0.2) is 47.4 Å². The number of anilines is 1. The van der Waals surface area contributed by atoms with Crippen molar-refractivity contribution in [2.75, 3.05) is 24.4 Å². The van der Waals surface area contributed by atoms with Gasteiger partial charge in [0.15, 0.2) is 0 Å². The topological polar surface area (TPSA) is 105 Å². The number of hydrogen-bond acceptors (Lipinski definition) is 6. The maximum absolute atomic E-state index is 13.2. The van der Waals surface area contributed by atoms with Crippen LogP contribution in [-0.2, 0) is 19.6 Å². The summed E-state index contributed by atoms with van der Waals surface area (Å²) in [5.74, 6) is 0.000791. The van der Waals surface area contributed by atoms with Crippen molar-refractivity contribution in [2.24, 2.45) is 0 Å². The number of aliphatic hydroxyl groups is 1. The summed E-state index contributed by atoms with van der Waals surface area (Å²) in [6, 6.07) is 9.62. The first-order valence-electron chi connectivity index (χ1n) is 12.0. The predicted octanol–water partition coefficient (Wildman–Crippen LogP) is 3.02. The Morgan fingerprint density at radius 1 is 1.11 bits per heavy atom. The molecule has 188 valence electrons. The highest BCUT2D eigenvalue weighted by Gasteiger charge is 2.46. The highest BCUT2D eigenvalue weighted by Crippen LogP contribution is 2.47. The molecule has 0 saturated carbocycles. The summed E-state index contributed by atoms with van der Waals surface area (Å²) < 4.78 is 53.4. The number of piperidine rings is 1. The van der Waals surface area contributed by atoms with Gasteiger partial charge in [0.1, 0.15) is 23.8 Å². The molecule has 2 aromatic rings. The average molecular weight is 505 g/mol. The predicted molar refractivity (Wildman–Crippen MR) is 126 cm³/mol. The Balaban J connectivity index is 1.34. The fourth-order valence-corrected chi connectivity index (χ4v) is 6.30. The van der Waals surface area contributed by atoms with Gasteiger partial charge in [-0.25, -0.2) is 12.8 Å². The van der Waals surface area contributed by atoms with Crippen LogP contribution in [0.4, 0.5) is 10.1 Å². The third-order valence-corrected chi connectivity index (χ3v) is 8.38. The SMILES string of the molecule is O=C(C[C@@H]1C[C@@H]2c3cc(NS(=O)(=O)c4ccc(F)cc4)ccc3O[C@@H]2[C@@H](CO)O1)N1CCCCC1. The number of rotatable bonds is 6. The van der Waals surface area contributed by atoms with E-state index in [4.69, 9.17) is 9.47 Å². The van der Waals surface area contributed by atoms with Crippen molar-refractivity contribution < 1.29 is 32.2 Å². The van der Waals surface area contributed by atoms with E-state index < -0.39 is 28.0 Å². The van der Waals surface area contributed by atoms with E-state index in [1.165, 1.54) is 12.1 Å². The van der Waals surface area contributed by atoms with Gasteiger partial charge in [0.25, 0.3) is 10.0 Å². The fourth-order valence-electron chi connectivity index (χ4n) is 5.25. The van der Waals surface area contributed by atoms with Gasteiger partial charge in [-0.15, -0.1) is 0 Å². The van der Waals surface area contributed by atoms with Crippen LogP contribution >= 0.6 is 0 Å². The number of aliphatic hydroxyl groups excluding tert-OH is 1. The van der Waals surface area contributed by atoms with E-state index in [0.29, 0.717) is 17.9 Å². The molecular formula is C25H29FN2O6S. The van der Waals surface area contributed by atoms with Crippen LogP contribution in [0.25, 0.3) is 0 Å². The molecule has 2 saturated heterocycles. The molecule has 2 N–H and O–H groups in total. The summed E-state index contributed by atoms with van der Waals surface area (Å²) in [4.78, 5) is 14.7. The standard InChI is InChI=1S/C25H29FN2O6S/c26-16-4-7-19(8-5-16)35(31,32)27-17-6-9-22-20(12-17)21-13-18(33-23(15-29)25(21)34-22)14-24(30)28-10-2-1-3-11-28/h4-9,12,18,21,23,25,27,29H,1-3,10-11,13-15H2/t18-,21+,23+,25-/m0/s1. The van der Waals surface area contributed by atoms with Gasteiger partial charge < -0.3 is 19.5 Å². The number of ether oxygens (including phenoxy) is 2. The van der Waals surface area contributed by atoms with Gasteiger partial charge in [0, 0.05) is 30.3 Å². The highest BCUT2D eigenvalue weighted by atomic mass is 32.2. The van der Waals surface area contributed by atoms with Gasteiger partial charge in [0.2, 0.25) is 5.91 Å². The molecule has 0 radical (unpaired) electrons. The first-order chi connectivity index (χ1) is 16.8. The van der Waals surface area contributed by atoms with Crippen LogP contribution < -0.4 is 9.46 Å². The fraction of sp³-hybridized carbons (Fsp3) is 0.480. The maximum Gasteiger partial charge on any atom is 0.261 e. The van der Waals surface area contributed by atoms with Crippen molar-refractivity contribution >= 4 is 21.6 Å². The molecule has 0 aromatic heterocycles. The van der Waals surface area contributed by atoms with Crippen LogP contribution in [0.3, 0.4) is 0 Å². The summed E-state index contributed by atoms with van der Waals surface area (Å²) in [5.41, 5.74) is 1.16. The first kappa shape index (κ1) is 24.0. The largest absolute Gasteiger partial charge is 0.487 e. The molecule has 0 bridgehead atoms. The summed E-state index contributed by atoms with van der Waals surface area (Å²) >= 11 is 0. The van der Waals surface area contributed by atoms with Crippen LogP contribution in [0.1, 0.15) is 43.6 Å². The molecule has 0 spiro atoms. The zero-order valence-electron chi connectivity index (χ0n) is 19.2. The highest BCUT2D eigenvalue weighted by molar-refractivity contribution is 7.92. The number of halogens is 1. The zero-order chi connectivity index (χ0) is 24.6. The molecule has 0 unspecified atom stereocenters. The van der Waals surface area contributed by atoms with E-state index in [9.17, 15) is 22.7 Å². The smallest absolute Gasteiger partial charge is 0.261 e. The molecule has 8 nitrogen and oxygen atoms in total. The quantitative estimate of drug-likeness (QED) is 0.627. The minimum absolute atomic E-state index is 0.0452. The molecule has 3 aliphatic heterocycles. The van der Waals surface area contributed by atoms with E-state index in [-0.39, 0.29) is 35.9 Å². The monoisotopic (exact) mass is 504 g/mol. The Morgan fingerprint density at radius 3 is 2.57 bits per heavy atom. The lowest BCUT2D eigenvalue weighted by Gasteiger charge is -2.38. The number of benzene rings is 2. The number of nitrogens with one attached hydrogen (secondary N) is 1. The second-order valence-electron chi connectivity index (χ2n) is 9.36. The van der Waals surface area contributed by atoms with Crippen molar-refractivity contribution in [3.05, 3.63) is 53.8 Å². The number of amides is 1. The Labute approximate surface area is 204 Å². The summed E-state index contributed by atoms with van der Waals surface area (Å²) in [6.45, 7) is 1.29. The second kappa shape index (κ2) is 9.75. The van der Waals surface area contributed by atoms with Crippen molar-refractivity contribution in [2.45, 2.75) is 61.2 Å². The molecule has 3 aliphatic rings. The van der Waals surface area contributed by atoms with Crippen molar-refractivity contribution in [1.29, 1.82) is 0 Å². The number of likely N-dealkylation sites (tertiary alicyclic amines) is 1. The summed E-state index contributed by atoms with van der Waals surface area (Å²) in [7, 11) is -3.90. The molecule has 10 heteroatoms. The molecule has 5 rings (SSSR count). The van der Waals surface area contributed by atoms with E-state index >= 15 is 0 Å². The third-order valence-electron chi connectivity index (χ3n) is 6.99. The number of hydrogen-bond donors (Lipinski definition) is 2. The molecule has 0 aliphatic carbocycles.